The van der Waals surface area contributed by atoms with Crippen LogP contribution in [0.5, 0.6) is 0 Å². The number of fused-ring (bicyclic) bond motifs is 2. The van der Waals surface area contributed by atoms with Gasteiger partial charge in [-0.3, -0.25) is 14.2 Å². The molecule has 1 aliphatic heterocycles. The number of alkyl halides is 3. The maximum Gasteiger partial charge on any atom is 0.433 e. The molecule has 0 N–H and O–H groups in total. The summed E-state index contributed by atoms with van der Waals surface area (Å²) in [7, 11) is 2.93. The number of amides is 1. The Labute approximate surface area is 177 Å². The highest BCUT2D eigenvalue weighted by molar-refractivity contribution is 7.16. The molecular formula is C19H16F3N7OS. The van der Waals surface area contributed by atoms with Crippen LogP contribution in [0.2, 0.25) is 0 Å². The minimum Gasteiger partial charge on any atom is -0.331 e. The molecule has 0 fully saturated rings. The summed E-state index contributed by atoms with van der Waals surface area (Å²) >= 11 is 1.44. The lowest BCUT2D eigenvalue weighted by Gasteiger charge is -2.26. The van der Waals surface area contributed by atoms with Crippen LogP contribution in [0.4, 0.5) is 13.2 Å². The summed E-state index contributed by atoms with van der Waals surface area (Å²) in [5.41, 5.74) is 4.15. The predicted octanol–water partition coefficient (Wildman–Crippen LogP) is 3.04. The van der Waals surface area contributed by atoms with Crippen molar-refractivity contribution in [1.82, 2.24) is 34.4 Å². The van der Waals surface area contributed by atoms with Crippen molar-refractivity contribution < 1.29 is 18.0 Å². The molecule has 0 unspecified atom stereocenters. The Bertz CT molecular complexity index is 1320. The van der Waals surface area contributed by atoms with Gasteiger partial charge < -0.3 is 4.90 Å². The highest BCUT2D eigenvalue weighted by atomic mass is 32.1. The van der Waals surface area contributed by atoms with Crippen molar-refractivity contribution in [3.63, 3.8) is 0 Å². The fraction of sp³-hybridized carbons (Fsp3) is 0.316. The van der Waals surface area contributed by atoms with Crippen molar-refractivity contribution in [2.75, 3.05) is 6.54 Å². The SMILES string of the molecule is Cn1nc(-c2c3c(nn2C)CN(C(=O)c2cc4scnc4cn2)CC3)cc1C(F)(F)F. The first kappa shape index (κ1) is 19.7. The Morgan fingerprint density at radius 3 is 2.68 bits per heavy atom. The smallest absolute Gasteiger partial charge is 0.331 e. The van der Waals surface area contributed by atoms with Gasteiger partial charge in [0.1, 0.15) is 17.1 Å². The van der Waals surface area contributed by atoms with Gasteiger partial charge in [-0.1, -0.05) is 0 Å². The summed E-state index contributed by atoms with van der Waals surface area (Å²) in [5.74, 6) is -0.217. The highest BCUT2D eigenvalue weighted by Gasteiger charge is 2.36. The van der Waals surface area contributed by atoms with E-state index in [2.05, 4.69) is 20.2 Å². The number of pyridine rings is 1. The molecule has 0 radical (unpaired) electrons. The van der Waals surface area contributed by atoms with Crippen molar-refractivity contribution in [2.24, 2.45) is 14.1 Å². The molecule has 5 heterocycles. The Morgan fingerprint density at radius 1 is 1.13 bits per heavy atom. The van der Waals surface area contributed by atoms with E-state index < -0.39 is 11.9 Å². The second kappa shape index (κ2) is 6.87. The summed E-state index contributed by atoms with van der Waals surface area (Å²) in [4.78, 5) is 23.0. The van der Waals surface area contributed by atoms with Gasteiger partial charge in [-0.15, -0.1) is 11.3 Å². The summed E-state index contributed by atoms with van der Waals surface area (Å²) in [6.07, 6.45) is -2.45. The van der Waals surface area contributed by atoms with Gasteiger partial charge in [-0.05, 0) is 18.6 Å². The molecule has 1 amide bonds. The minimum atomic E-state index is -4.49. The maximum atomic E-state index is 13.2. The second-order valence-electron chi connectivity index (χ2n) is 7.30. The molecule has 8 nitrogen and oxygen atoms in total. The normalized spacial score (nSPS) is 14.3. The van der Waals surface area contributed by atoms with E-state index in [0.717, 1.165) is 26.5 Å². The lowest BCUT2D eigenvalue weighted by atomic mass is 10.0. The summed E-state index contributed by atoms with van der Waals surface area (Å²) in [5, 5.41) is 8.52. The van der Waals surface area contributed by atoms with E-state index in [4.69, 9.17) is 0 Å². The molecular weight excluding hydrogens is 431 g/mol. The maximum absolute atomic E-state index is 13.2. The van der Waals surface area contributed by atoms with Gasteiger partial charge in [0.15, 0.2) is 0 Å². The van der Waals surface area contributed by atoms with Crippen molar-refractivity contribution in [2.45, 2.75) is 19.1 Å². The molecule has 1 aliphatic rings. The molecule has 160 valence electrons. The molecule has 0 saturated carbocycles. The molecule has 4 aromatic rings. The van der Waals surface area contributed by atoms with Crippen LogP contribution in [0.15, 0.2) is 23.8 Å². The second-order valence-corrected chi connectivity index (χ2v) is 8.19. The molecule has 31 heavy (non-hydrogen) atoms. The number of aryl methyl sites for hydroxylation is 2. The van der Waals surface area contributed by atoms with E-state index in [1.165, 1.54) is 23.1 Å². The van der Waals surface area contributed by atoms with E-state index in [1.807, 2.05) is 0 Å². The topological polar surface area (TPSA) is 81.7 Å². The third kappa shape index (κ3) is 3.26. The van der Waals surface area contributed by atoms with Crippen molar-refractivity contribution >= 4 is 27.5 Å². The largest absolute Gasteiger partial charge is 0.433 e. The van der Waals surface area contributed by atoms with Crippen molar-refractivity contribution in [1.29, 1.82) is 0 Å². The highest BCUT2D eigenvalue weighted by Crippen LogP contribution is 2.34. The van der Waals surface area contributed by atoms with Crippen LogP contribution in [-0.4, -0.2) is 46.9 Å². The van der Waals surface area contributed by atoms with Crippen LogP contribution in [0.25, 0.3) is 21.6 Å². The first-order chi connectivity index (χ1) is 14.7. The summed E-state index contributed by atoms with van der Waals surface area (Å²) < 4.78 is 42.8. The van der Waals surface area contributed by atoms with Crippen LogP contribution in [0.1, 0.15) is 27.4 Å². The Morgan fingerprint density at radius 2 is 1.94 bits per heavy atom. The number of thiazole rings is 1. The molecule has 4 aromatic heterocycles. The third-order valence-corrected chi connectivity index (χ3v) is 6.13. The van der Waals surface area contributed by atoms with Gasteiger partial charge in [0.25, 0.3) is 5.91 Å². The van der Waals surface area contributed by atoms with E-state index in [0.29, 0.717) is 30.0 Å². The van der Waals surface area contributed by atoms with Crippen LogP contribution in [-0.2, 0) is 33.2 Å². The monoisotopic (exact) mass is 447 g/mol. The first-order valence-corrected chi connectivity index (χ1v) is 10.2. The molecule has 0 saturated heterocycles. The van der Waals surface area contributed by atoms with Gasteiger partial charge in [-0.25, -0.2) is 9.97 Å². The number of aromatic nitrogens is 6. The molecule has 0 bridgehead atoms. The number of halogens is 3. The van der Waals surface area contributed by atoms with Crippen molar-refractivity contribution in [3.05, 3.63) is 46.5 Å². The fourth-order valence-electron chi connectivity index (χ4n) is 3.90. The molecule has 0 aromatic carbocycles. The zero-order chi connectivity index (χ0) is 21.9. The zero-order valence-corrected chi connectivity index (χ0v) is 17.3. The Kier molecular flexibility index (Phi) is 4.36. The zero-order valence-electron chi connectivity index (χ0n) is 16.5. The molecule has 0 spiro atoms. The summed E-state index contributed by atoms with van der Waals surface area (Å²) in [6, 6.07) is 2.75. The van der Waals surface area contributed by atoms with E-state index >= 15 is 0 Å². The number of carbonyl (C=O) groups excluding carboxylic acids is 1. The molecule has 0 aliphatic carbocycles. The fourth-order valence-corrected chi connectivity index (χ4v) is 4.59. The van der Waals surface area contributed by atoms with Gasteiger partial charge in [0.2, 0.25) is 0 Å². The Hall–Kier alpha value is -3.28. The van der Waals surface area contributed by atoms with E-state index in [9.17, 15) is 18.0 Å². The standard InChI is InChI=1S/C19H16F3N7OS/c1-27-16(19(20,21)22)6-11(25-27)17-10-3-4-29(8-14(10)26-28(17)2)18(30)12-5-15-13(7-23-12)24-9-31-15/h5-7,9H,3-4,8H2,1-2H3. The molecule has 5 rings (SSSR count). The van der Waals surface area contributed by atoms with Crippen molar-refractivity contribution in [3.8, 4) is 11.4 Å². The number of nitrogens with zero attached hydrogens (tertiary/aromatic N) is 7. The number of hydrogen-bond donors (Lipinski definition) is 0. The van der Waals surface area contributed by atoms with E-state index in [1.54, 1.807) is 29.7 Å². The number of carbonyl (C=O) groups is 1. The lowest BCUT2D eigenvalue weighted by Crippen LogP contribution is -2.36. The van der Waals surface area contributed by atoms with Gasteiger partial charge in [0, 0.05) is 26.2 Å². The molecule has 0 atom stereocenters. The van der Waals surface area contributed by atoms with Gasteiger partial charge >= 0.3 is 6.18 Å². The van der Waals surface area contributed by atoms with E-state index in [-0.39, 0.29) is 18.1 Å². The van der Waals surface area contributed by atoms with Gasteiger partial charge in [-0.2, -0.15) is 23.4 Å². The lowest BCUT2D eigenvalue weighted by molar-refractivity contribution is -0.143. The van der Waals surface area contributed by atoms with Crippen LogP contribution < -0.4 is 0 Å². The van der Waals surface area contributed by atoms with Gasteiger partial charge in [0.05, 0.1) is 39.9 Å². The van der Waals surface area contributed by atoms with Crippen LogP contribution in [0.3, 0.4) is 0 Å². The summed E-state index contributed by atoms with van der Waals surface area (Å²) in [6.45, 7) is 0.662. The van der Waals surface area contributed by atoms with Crippen LogP contribution in [0, 0.1) is 0 Å². The average Bonchev–Trinajstić information content (AvgIpc) is 3.41. The number of rotatable bonds is 2. The van der Waals surface area contributed by atoms with Crippen LogP contribution >= 0.6 is 11.3 Å². The minimum absolute atomic E-state index is 0.211. The predicted molar refractivity (Wildman–Crippen MR) is 106 cm³/mol. The molecule has 12 heteroatoms. The first-order valence-electron chi connectivity index (χ1n) is 9.37. The average molecular weight is 447 g/mol. The number of hydrogen-bond acceptors (Lipinski definition) is 6. The quantitative estimate of drug-likeness (QED) is 0.472. The Balaban J connectivity index is 1.45. The third-order valence-electron chi connectivity index (χ3n) is 5.34.